The number of hydrogen-bond donors (Lipinski definition) is 1. The highest BCUT2D eigenvalue weighted by molar-refractivity contribution is 7.98. The number of thioether (sulfide) groups is 1. The summed E-state index contributed by atoms with van der Waals surface area (Å²) in [5.74, 6) is 1.20. The third-order valence-electron chi connectivity index (χ3n) is 3.28. The molecule has 0 saturated carbocycles. The molecule has 2 aromatic rings. The normalized spacial score (nSPS) is 12.8. The van der Waals surface area contributed by atoms with E-state index in [-0.39, 0.29) is 0 Å². The summed E-state index contributed by atoms with van der Waals surface area (Å²) in [7, 11) is 2.05. The number of para-hydroxylation sites is 1. The molecule has 0 fully saturated rings. The third-order valence-corrected chi connectivity index (χ3v) is 3.93. The van der Waals surface area contributed by atoms with Gasteiger partial charge in [-0.3, -0.25) is 4.98 Å². The molecule has 1 aromatic heterocycles. The van der Waals surface area contributed by atoms with Crippen molar-refractivity contribution < 1.29 is 0 Å². The van der Waals surface area contributed by atoms with Gasteiger partial charge < -0.3 is 5.32 Å². The molecule has 0 aliphatic heterocycles. The Morgan fingerprint density at radius 2 is 2.11 bits per heavy atom. The van der Waals surface area contributed by atoms with Crippen LogP contribution < -0.4 is 5.32 Å². The molecule has 1 N–H and O–H groups in total. The highest BCUT2D eigenvalue weighted by Crippen LogP contribution is 2.18. The van der Waals surface area contributed by atoms with Crippen LogP contribution in [0, 0.1) is 0 Å². The molecule has 1 aromatic carbocycles. The van der Waals surface area contributed by atoms with Crippen LogP contribution in [-0.4, -0.2) is 30.1 Å². The minimum absolute atomic E-state index is 0.545. The predicted octanol–water partition coefficient (Wildman–Crippen LogP) is 3.12. The molecular weight excluding hydrogens is 240 g/mol. The van der Waals surface area contributed by atoms with Gasteiger partial charge in [-0.25, -0.2) is 0 Å². The molecule has 0 spiro atoms. The van der Waals surface area contributed by atoms with E-state index in [0.717, 1.165) is 11.9 Å². The zero-order valence-electron chi connectivity index (χ0n) is 11.0. The average Bonchev–Trinajstić information content (AvgIpc) is 2.43. The molecule has 2 rings (SSSR count). The standard InChI is InChI=1S/C15H20N2S/c1-16-13(8-10-18-2)11-12-7-9-17-15-6-4-3-5-14(12)15/h3-7,9,13,16H,8,10-11H2,1-2H3. The third kappa shape index (κ3) is 3.24. The fraction of sp³-hybridized carbons (Fsp3) is 0.400. The van der Waals surface area contributed by atoms with Gasteiger partial charge >= 0.3 is 0 Å². The molecule has 3 heteroatoms. The van der Waals surface area contributed by atoms with Gasteiger partial charge in [0.25, 0.3) is 0 Å². The summed E-state index contributed by atoms with van der Waals surface area (Å²) in [5.41, 5.74) is 2.48. The minimum atomic E-state index is 0.545. The Bertz CT molecular complexity index is 493. The fourth-order valence-electron chi connectivity index (χ4n) is 2.21. The Morgan fingerprint density at radius 1 is 1.28 bits per heavy atom. The van der Waals surface area contributed by atoms with Crippen LogP contribution in [0.1, 0.15) is 12.0 Å². The number of nitrogens with one attached hydrogen (secondary N) is 1. The second-order valence-corrected chi connectivity index (χ2v) is 5.44. The number of likely N-dealkylation sites (N-methyl/N-ethyl adjacent to an activating group) is 1. The summed E-state index contributed by atoms with van der Waals surface area (Å²) in [5, 5.41) is 4.70. The zero-order valence-corrected chi connectivity index (χ0v) is 11.8. The molecule has 0 amide bonds. The van der Waals surface area contributed by atoms with Crippen molar-refractivity contribution >= 4 is 22.7 Å². The van der Waals surface area contributed by atoms with Crippen molar-refractivity contribution in [3.63, 3.8) is 0 Å². The summed E-state index contributed by atoms with van der Waals surface area (Å²) < 4.78 is 0. The Balaban J connectivity index is 2.19. The summed E-state index contributed by atoms with van der Waals surface area (Å²) in [4.78, 5) is 4.41. The van der Waals surface area contributed by atoms with E-state index in [1.165, 1.54) is 23.1 Å². The molecule has 0 radical (unpaired) electrons. The summed E-state index contributed by atoms with van der Waals surface area (Å²) in [6.07, 6.45) is 6.35. The fourth-order valence-corrected chi connectivity index (χ4v) is 2.73. The highest BCUT2D eigenvalue weighted by Gasteiger charge is 2.09. The Kier molecular flexibility index (Phi) is 5.02. The molecule has 1 heterocycles. The van der Waals surface area contributed by atoms with Crippen LogP contribution in [0.15, 0.2) is 36.5 Å². The van der Waals surface area contributed by atoms with Gasteiger partial charge in [-0.15, -0.1) is 0 Å². The SMILES string of the molecule is CNC(CCSC)Cc1ccnc2ccccc12. The van der Waals surface area contributed by atoms with Crippen LogP contribution >= 0.6 is 11.8 Å². The van der Waals surface area contributed by atoms with Crippen LogP contribution in [0.2, 0.25) is 0 Å². The lowest BCUT2D eigenvalue weighted by Gasteiger charge is -2.16. The molecule has 96 valence electrons. The van der Waals surface area contributed by atoms with Crippen molar-refractivity contribution in [2.75, 3.05) is 19.1 Å². The first-order valence-corrected chi connectivity index (χ1v) is 7.73. The van der Waals surface area contributed by atoms with Crippen LogP contribution in [0.3, 0.4) is 0 Å². The van der Waals surface area contributed by atoms with Crippen LogP contribution in [-0.2, 0) is 6.42 Å². The Labute approximate surface area is 113 Å². The first-order valence-electron chi connectivity index (χ1n) is 6.34. The molecule has 2 nitrogen and oxygen atoms in total. The molecular formula is C15H20N2S. The van der Waals surface area contributed by atoms with Gasteiger partial charge in [-0.2, -0.15) is 11.8 Å². The second kappa shape index (κ2) is 6.76. The quantitative estimate of drug-likeness (QED) is 0.864. The van der Waals surface area contributed by atoms with Gasteiger partial charge in [0, 0.05) is 17.6 Å². The van der Waals surface area contributed by atoms with Crippen molar-refractivity contribution in [2.45, 2.75) is 18.9 Å². The number of nitrogens with zero attached hydrogens (tertiary/aromatic N) is 1. The van der Waals surface area contributed by atoms with E-state index in [4.69, 9.17) is 0 Å². The predicted molar refractivity (Wildman–Crippen MR) is 81.3 cm³/mol. The van der Waals surface area contributed by atoms with Crippen LogP contribution in [0.25, 0.3) is 10.9 Å². The molecule has 0 aliphatic carbocycles. The van der Waals surface area contributed by atoms with E-state index in [1.807, 2.05) is 31.1 Å². The van der Waals surface area contributed by atoms with Gasteiger partial charge in [-0.05, 0) is 49.6 Å². The van der Waals surface area contributed by atoms with Crippen molar-refractivity contribution in [3.8, 4) is 0 Å². The largest absolute Gasteiger partial charge is 0.317 e. The number of benzene rings is 1. The molecule has 0 bridgehead atoms. The van der Waals surface area contributed by atoms with E-state index in [2.05, 4.69) is 40.8 Å². The second-order valence-electron chi connectivity index (χ2n) is 4.46. The topological polar surface area (TPSA) is 24.9 Å². The van der Waals surface area contributed by atoms with Crippen LogP contribution in [0.5, 0.6) is 0 Å². The maximum absolute atomic E-state index is 4.41. The van der Waals surface area contributed by atoms with Crippen molar-refractivity contribution in [3.05, 3.63) is 42.1 Å². The highest BCUT2D eigenvalue weighted by atomic mass is 32.2. The molecule has 0 aliphatic rings. The molecule has 18 heavy (non-hydrogen) atoms. The number of hydrogen-bond acceptors (Lipinski definition) is 3. The number of rotatable bonds is 6. The van der Waals surface area contributed by atoms with E-state index in [0.29, 0.717) is 6.04 Å². The maximum atomic E-state index is 4.41. The van der Waals surface area contributed by atoms with Crippen molar-refractivity contribution in [1.82, 2.24) is 10.3 Å². The molecule has 1 atom stereocenters. The lowest BCUT2D eigenvalue weighted by atomic mass is 10.0. The minimum Gasteiger partial charge on any atom is -0.317 e. The number of fused-ring (bicyclic) bond motifs is 1. The van der Waals surface area contributed by atoms with Gasteiger partial charge in [0.05, 0.1) is 5.52 Å². The maximum Gasteiger partial charge on any atom is 0.0704 e. The van der Waals surface area contributed by atoms with E-state index in [1.54, 1.807) is 0 Å². The van der Waals surface area contributed by atoms with Gasteiger partial charge in [0.2, 0.25) is 0 Å². The van der Waals surface area contributed by atoms with Gasteiger partial charge in [-0.1, -0.05) is 18.2 Å². The summed E-state index contributed by atoms with van der Waals surface area (Å²) in [6, 6.07) is 11.1. The average molecular weight is 260 g/mol. The molecule has 0 saturated heterocycles. The number of aromatic nitrogens is 1. The molecule has 1 unspecified atom stereocenters. The van der Waals surface area contributed by atoms with Crippen molar-refractivity contribution in [1.29, 1.82) is 0 Å². The first kappa shape index (κ1) is 13.4. The monoisotopic (exact) mass is 260 g/mol. The van der Waals surface area contributed by atoms with Crippen LogP contribution in [0.4, 0.5) is 0 Å². The Morgan fingerprint density at radius 3 is 2.89 bits per heavy atom. The lowest BCUT2D eigenvalue weighted by molar-refractivity contribution is 0.548. The lowest BCUT2D eigenvalue weighted by Crippen LogP contribution is -2.28. The summed E-state index contributed by atoms with van der Waals surface area (Å²) >= 11 is 1.91. The van der Waals surface area contributed by atoms with Gasteiger partial charge in [0.15, 0.2) is 0 Å². The van der Waals surface area contributed by atoms with Gasteiger partial charge in [0.1, 0.15) is 0 Å². The Hall–Kier alpha value is -1.06. The summed E-state index contributed by atoms with van der Waals surface area (Å²) in [6.45, 7) is 0. The van der Waals surface area contributed by atoms with E-state index >= 15 is 0 Å². The van der Waals surface area contributed by atoms with Crippen molar-refractivity contribution in [2.24, 2.45) is 0 Å². The smallest absolute Gasteiger partial charge is 0.0704 e. The first-order chi connectivity index (χ1) is 8.85. The van der Waals surface area contributed by atoms with E-state index in [9.17, 15) is 0 Å². The zero-order chi connectivity index (χ0) is 12.8. The number of pyridine rings is 1. The van der Waals surface area contributed by atoms with E-state index < -0.39 is 0 Å².